The van der Waals surface area contributed by atoms with Gasteiger partial charge >= 0.3 is 5.97 Å². The molecule has 8 nitrogen and oxygen atoms in total. The molecule has 1 amide bonds. The molecule has 1 aromatic carbocycles. The molecule has 166 valence electrons. The molecule has 2 rings (SSSR count). The average molecular weight is 464 g/mol. The number of esters is 1. The molecule has 0 saturated carbocycles. The van der Waals surface area contributed by atoms with Gasteiger partial charge in [0.2, 0.25) is 10.0 Å². The van der Waals surface area contributed by atoms with Crippen LogP contribution in [0.15, 0.2) is 16.3 Å². The molecule has 1 aromatic heterocycles. The first-order valence-corrected chi connectivity index (χ1v) is 11.9. The van der Waals surface area contributed by atoms with Gasteiger partial charge in [-0.25, -0.2) is 13.1 Å². The van der Waals surface area contributed by atoms with Gasteiger partial charge in [-0.3, -0.25) is 9.59 Å². The van der Waals surface area contributed by atoms with Gasteiger partial charge in [0.15, 0.2) is 6.61 Å². The molecule has 0 saturated heterocycles. The van der Waals surface area contributed by atoms with Crippen molar-refractivity contribution >= 4 is 38.2 Å². The molecule has 2 N–H and O–H groups in total. The fourth-order valence-electron chi connectivity index (χ4n) is 3.10. The number of thiophene rings is 1. The minimum atomic E-state index is -3.82. The lowest BCUT2D eigenvalue weighted by molar-refractivity contribution is -0.147. The number of sulfonamides is 1. The fourth-order valence-corrected chi connectivity index (χ4v) is 5.48. The molecule has 0 atom stereocenters. The Hall–Kier alpha value is -2.74. The summed E-state index contributed by atoms with van der Waals surface area (Å²) in [5, 5.41) is 13.5. The Bertz CT molecular complexity index is 1130. The Morgan fingerprint density at radius 2 is 1.65 bits per heavy atom. The number of nitrogens with zero attached hydrogens (tertiary/aromatic N) is 1. The molecule has 10 heteroatoms. The number of nitriles is 1. The number of carbonyl (C=O) groups is 2. The highest BCUT2D eigenvalue weighted by Crippen LogP contribution is 2.29. The molecule has 31 heavy (non-hydrogen) atoms. The van der Waals surface area contributed by atoms with Gasteiger partial charge < -0.3 is 10.1 Å². The van der Waals surface area contributed by atoms with Crippen molar-refractivity contribution in [2.75, 3.05) is 18.5 Å². The number of hydrogen-bond acceptors (Lipinski definition) is 7. The maximum Gasteiger partial charge on any atom is 0.307 e. The van der Waals surface area contributed by atoms with Gasteiger partial charge in [0.05, 0.1) is 16.9 Å². The van der Waals surface area contributed by atoms with Crippen LogP contribution in [0.25, 0.3) is 0 Å². The van der Waals surface area contributed by atoms with Crippen LogP contribution in [0.3, 0.4) is 0 Å². The number of ether oxygens (including phenoxy) is 1. The van der Waals surface area contributed by atoms with Crippen molar-refractivity contribution in [3.63, 3.8) is 0 Å². The lowest BCUT2D eigenvalue weighted by Gasteiger charge is -2.19. The molecule has 0 aliphatic carbocycles. The first-order chi connectivity index (χ1) is 14.5. The molecule has 0 aliphatic heterocycles. The van der Waals surface area contributed by atoms with Crippen molar-refractivity contribution in [1.82, 2.24) is 4.72 Å². The molecule has 0 unspecified atom stereocenters. The summed E-state index contributed by atoms with van der Waals surface area (Å²) in [7, 11) is -3.82. The zero-order valence-corrected chi connectivity index (χ0v) is 19.7. The van der Waals surface area contributed by atoms with Crippen molar-refractivity contribution in [2.45, 2.75) is 45.9 Å². The van der Waals surface area contributed by atoms with Crippen molar-refractivity contribution in [3.05, 3.63) is 44.8 Å². The Kier molecular flexibility index (Phi) is 7.95. The van der Waals surface area contributed by atoms with E-state index in [1.165, 1.54) is 11.3 Å². The van der Waals surface area contributed by atoms with E-state index in [1.54, 1.807) is 25.3 Å². The van der Waals surface area contributed by atoms with E-state index in [9.17, 15) is 18.0 Å². The Morgan fingerprint density at radius 3 is 2.23 bits per heavy atom. The van der Waals surface area contributed by atoms with E-state index >= 15 is 0 Å². The molecule has 0 spiro atoms. The van der Waals surface area contributed by atoms with Crippen LogP contribution in [0, 0.1) is 45.9 Å². The summed E-state index contributed by atoms with van der Waals surface area (Å²) in [6.07, 6.45) is -0.225. The third-order valence-corrected chi connectivity index (χ3v) is 7.79. The molecule has 1 heterocycles. The van der Waals surface area contributed by atoms with Crippen LogP contribution >= 0.6 is 11.3 Å². The summed E-state index contributed by atoms with van der Waals surface area (Å²) in [4.78, 5) is 24.0. The predicted molar refractivity (Wildman–Crippen MR) is 119 cm³/mol. The van der Waals surface area contributed by atoms with E-state index in [0.29, 0.717) is 21.7 Å². The SMILES string of the molecule is Cc1c(C)c(C)c(S(=O)(=O)NCCC(=O)OCC(=O)Nc2sccc2C#N)c(C)c1C. The molecule has 0 fully saturated rings. The number of anilines is 1. The second-order valence-electron chi connectivity index (χ2n) is 7.09. The van der Waals surface area contributed by atoms with E-state index < -0.39 is 28.5 Å². The zero-order chi connectivity index (χ0) is 23.3. The van der Waals surface area contributed by atoms with E-state index in [1.807, 2.05) is 26.8 Å². The van der Waals surface area contributed by atoms with Crippen LogP contribution in [0.4, 0.5) is 5.00 Å². The van der Waals surface area contributed by atoms with Crippen molar-refractivity contribution < 1.29 is 22.7 Å². The highest BCUT2D eigenvalue weighted by Gasteiger charge is 2.23. The molecule has 2 aromatic rings. The van der Waals surface area contributed by atoms with Gasteiger partial charge in [-0.05, 0) is 73.9 Å². The first kappa shape index (κ1) is 24.5. The number of carbonyl (C=O) groups excluding carboxylic acids is 2. The molecular formula is C21H25N3O5S2. The van der Waals surface area contributed by atoms with E-state index in [4.69, 9.17) is 10.00 Å². The normalized spacial score (nSPS) is 11.1. The Balaban J connectivity index is 1.91. The number of nitrogens with one attached hydrogen (secondary N) is 2. The second kappa shape index (κ2) is 10.0. The third-order valence-electron chi connectivity index (χ3n) is 5.22. The molecular weight excluding hydrogens is 438 g/mol. The summed E-state index contributed by atoms with van der Waals surface area (Å²) >= 11 is 1.18. The van der Waals surface area contributed by atoms with Crippen LogP contribution in [0.5, 0.6) is 0 Å². The number of benzene rings is 1. The van der Waals surface area contributed by atoms with Gasteiger partial charge in [0, 0.05) is 6.54 Å². The maximum atomic E-state index is 12.8. The van der Waals surface area contributed by atoms with Gasteiger partial charge in [-0.1, -0.05) is 0 Å². The topological polar surface area (TPSA) is 125 Å². The number of rotatable bonds is 8. The van der Waals surface area contributed by atoms with Crippen LogP contribution < -0.4 is 10.0 Å². The minimum absolute atomic E-state index is 0.156. The van der Waals surface area contributed by atoms with E-state index in [-0.39, 0.29) is 17.9 Å². The Labute approximate surface area is 186 Å². The summed E-state index contributed by atoms with van der Waals surface area (Å²) in [5.74, 6) is -1.29. The van der Waals surface area contributed by atoms with Crippen LogP contribution in [0.1, 0.15) is 39.8 Å². The van der Waals surface area contributed by atoms with Crippen molar-refractivity contribution in [2.24, 2.45) is 0 Å². The zero-order valence-electron chi connectivity index (χ0n) is 18.1. The van der Waals surface area contributed by atoms with Crippen LogP contribution in [-0.4, -0.2) is 33.4 Å². The predicted octanol–water partition coefficient (Wildman–Crippen LogP) is 3.01. The van der Waals surface area contributed by atoms with Gasteiger partial charge in [-0.2, -0.15) is 5.26 Å². The lowest BCUT2D eigenvalue weighted by atomic mass is 9.95. The van der Waals surface area contributed by atoms with Gasteiger partial charge in [0.25, 0.3) is 5.91 Å². The molecule has 0 bridgehead atoms. The smallest absolute Gasteiger partial charge is 0.307 e. The highest BCUT2D eigenvalue weighted by molar-refractivity contribution is 7.89. The first-order valence-electron chi connectivity index (χ1n) is 9.49. The lowest BCUT2D eigenvalue weighted by Crippen LogP contribution is -2.29. The summed E-state index contributed by atoms with van der Waals surface area (Å²) in [5.41, 5.74) is 4.57. The van der Waals surface area contributed by atoms with E-state index in [0.717, 1.165) is 16.7 Å². The quantitative estimate of drug-likeness (QED) is 0.580. The summed E-state index contributed by atoms with van der Waals surface area (Å²) in [6, 6.07) is 3.51. The number of amides is 1. The molecule has 0 aliphatic rings. The average Bonchev–Trinajstić information content (AvgIpc) is 3.16. The standard InChI is InChI=1S/C21H25N3O5S2/c1-12-13(2)15(4)20(16(5)14(12)3)31(27,28)23-8-6-19(26)29-11-18(25)24-21-17(10-22)7-9-30-21/h7,9,23H,6,8,11H2,1-5H3,(H,24,25). The van der Waals surface area contributed by atoms with Crippen molar-refractivity contribution in [1.29, 1.82) is 5.26 Å². The van der Waals surface area contributed by atoms with Gasteiger partial charge in [0.1, 0.15) is 11.1 Å². The summed E-state index contributed by atoms with van der Waals surface area (Å²) in [6.45, 7) is 8.58. The monoisotopic (exact) mass is 463 g/mol. The Morgan fingerprint density at radius 1 is 1.06 bits per heavy atom. The van der Waals surface area contributed by atoms with Crippen molar-refractivity contribution in [3.8, 4) is 6.07 Å². The van der Waals surface area contributed by atoms with Gasteiger partial charge in [-0.15, -0.1) is 11.3 Å². The van der Waals surface area contributed by atoms with Crippen LogP contribution in [-0.2, 0) is 24.3 Å². The minimum Gasteiger partial charge on any atom is -0.456 e. The molecule has 0 radical (unpaired) electrons. The van der Waals surface area contributed by atoms with E-state index in [2.05, 4.69) is 10.0 Å². The maximum absolute atomic E-state index is 12.8. The third kappa shape index (κ3) is 5.70. The highest BCUT2D eigenvalue weighted by atomic mass is 32.2. The number of hydrogen-bond donors (Lipinski definition) is 2. The second-order valence-corrected chi connectivity index (χ2v) is 9.71. The van der Waals surface area contributed by atoms with Crippen LogP contribution in [0.2, 0.25) is 0 Å². The summed E-state index contributed by atoms with van der Waals surface area (Å²) < 4.78 is 33.0. The largest absolute Gasteiger partial charge is 0.456 e. The fraction of sp³-hybridized carbons (Fsp3) is 0.381.